The van der Waals surface area contributed by atoms with E-state index in [0.29, 0.717) is 39.5 Å². The second-order valence-electron chi connectivity index (χ2n) is 12.1. The number of ether oxygens (including phenoxy) is 5. The number of aliphatic hydroxyl groups excluding tert-OH is 1. The molecule has 0 amide bonds. The van der Waals surface area contributed by atoms with E-state index >= 15 is 0 Å². The molecule has 0 unspecified atom stereocenters. The van der Waals surface area contributed by atoms with Crippen LogP contribution >= 0.6 is 0 Å². The Morgan fingerprint density at radius 2 is 1.74 bits per heavy atom. The van der Waals surface area contributed by atoms with Crippen molar-refractivity contribution in [1.82, 2.24) is 4.31 Å². The molecule has 1 fully saturated rings. The average molecular weight is 669 g/mol. The van der Waals surface area contributed by atoms with Crippen LogP contribution in [0.5, 0.6) is 5.75 Å². The number of benzene rings is 3. The molecular weight excluding hydrogens is 620 g/mol. The highest BCUT2D eigenvalue weighted by Gasteiger charge is 2.43. The summed E-state index contributed by atoms with van der Waals surface area (Å²) in [6.07, 6.45) is 0.821. The van der Waals surface area contributed by atoms with E-state index in [1.54, 1.807) is 38.5 Å². The van der Waals surface area contributed by atoms with Crippen molar-refractivity contribution < 1.29 is 37.2 Å². The van der Waals surface area contributed by atoms with Gasteiger partial charge in [-0.1, -0.05) is 48.0 Å². The summed E-state index contributed by atoms with van der Waals surface area (Å²) >= 11 is 0. The van der Waals surface area contributed by atoms with Crippen LogP contribution < -0.4 is 9.64 Å². The molecule has 2 aliphatic rings. The molecule has 3 aromatic rings. The van der Waals surface area contributed by atoms with Gasteiger partial charge in [0.05, 0.1) is 56.3 Å². The second kappa shape index (κ2) is 16.9. The van der Waals surface area contributed by atoms with Crippen LogP contribution in [-0.2, 0) is 42.2 Å². The zero-order valence-electron chi connectivity index (χ0n) is 27.7. The van der Waals surface area contributed by atoms with E-state index in [-0.39, 0.29) is 30.6 Å². The molecule has 3 aromatic carbocycles. The fraction of sp³-hybridized carbons (Fsp3) is 0.500. The number of aliphatic hydroxyl groups is 1. The van der Waals surface area contributed by atoms with Gasteiger partial charge in [0.1, 0.15) is 12.4 Å². The number of aryl methyl sites for hydroxylation is 1. The Kier molecular flexibility index (Phi) is 12.7. The van der Waals surface area contributed by atoms with Gasteiger partial charge in [0.25, 0.3) is 0 Å². The summed E-state index contributed by atoms with van der Waals surface area (Å²) in [5.74, 6) is 0.668. The first kappa shape index (κ1) is 35.3. The standard InChI is InChI=1S/C36H48N2O8S/c1-27-9-12-31(13-10-27)47(40,41)38-23-36(33(22-30(38)24-39)32-8-5-4-7-29(32)26-44-20-19-43-3)46-25-28-11-14-35-34(21-28)37(16-18-45-35)15-6-17-42-2/h4-5,7-14,21,30,33,36,39H,6,15-20,22-26H2,1-3H3/t30-,33+,36-/m0/s1. The lowest BCUT2D eigenvalue weighted by Gasteiger charge is -2.43. The summed E-state index contributed by atoms with van der Waals surface area (Å²) < 4.78 is 58.4. The molecule has 256 valence electrons. The van der Waals surface area contributed by atoms with E-state index in [1.807, 2.05) is 37.3 Å². The van der Waals surface area contributed by atoms with Crippen LogP contribution in [0.4, 0.5) is 5.69 Å². The predicted molar refractivity (Wildman–Crippen MR) is 180 cm³/mol. The number of anilines is 1. The van der Waals surface area contributed by atoms with Gasteiger partial charge in [-0.2, -0.15) is 4.31 Å². The Balaban J connectivity index is 1.43. The van der Waals surface area contributed by atoms with Crippen LogP contribution in [0, 0.1) is 6.92 Å². The highest BCUT2D eigenvalue weighted by Crippen LogP contribution is 2.39. The maximum absolute atomic E-state index is 14.0. The van der Waals surface area contributed by atoms with Crippen LogP contribution in [0.25, 0.3) is 0 Å². The first-order valence-electron chi connectivity index (χ1n) is 16.3. The molecule has 11 heteroatoms. The number of fused-ring (bicyclic) bond motifs is 1. The first-order chi connectivity index (χ1) is 22.8. The van der Waals surface area contributed by atoms with E-state index in [9.17, 15) is 13.5 Å². The minimum atomic E-state index is -3.90. The molecule has 47 heavy (non-hydrogen) atoms. The van der Waals surface area contributed by atoms with Gasteiger partial charge in [0.2, 0.25) is 10.0 Å². The zero-order chi connectivity index (χ0) is 33.2. The lowest BCUT2D eigenvalue weighted by Crippen LogP contribution is -2.53. The van der Waals surface area contributed by atoms with Crippen molar-refractivity contribution in [3.8, 4) is 5.75 Å². The van der Waals surface area contributed by atoms with Crippen molar-refractivity contribution in [3.05, 3.63) is 89.0 Å². The third-order valence-electron chi connectivity index (χ3n) is 8.95. The quantitative estimate of drug-likeness (QED) is 0.221. The molecule has 1 saturated heterocycles. The van der Waals surface area contributed by atoms with Gasteiger partial charge < -0.3 is 33.7 Å². The third kappa shape index (κ3) is 8.72. The number of sulfonamides is 1. The topological polar surface area (TPSA) is 107 Å². The minimum absolute atomic E-state index is 0.0994. The molecule has 3 atom stereocenters. The molecule has 1 N–H and O–H groups in total. The number of nitrogens with zero attached hydrogens (tertiary/aromatic N) is 2. The van der Waals surface area contributed by atoms with E-state index < -0.39 is 22.2 Å². The number of rotatable bonds is 16. The Bertz CT molecular complexity index is 1530. The van der Waals surface area contributed by atoms with Crippen LogP contribution in [-0.4, -0.2) is 96.9 Å². The number of hydrogen-bond acceptors (Lipinski definition) is 9. The highest BCUT2D eigenvalue weighted by atomic mass is 32.2. The summed E-state index contributed by atoms with van der Waals surface area (Å²) in [5, 5.41) is 10.5. The van der Waals surface area contributed by atoms with Crippen molar-refractivity contribution >= 4 is 15.7 Å². The lowest BCUT2D eigenvalue weighted by molar-refractivity contribution is -0.0274. The summed E-state index contributed by atoms with van der Waals surface area (Å²) in [4.78, 5) is 2.51. The molecule has 0 spiro atoms. The van der Waals surface area contributed by atoms with Gasteiger partial charge in [-0.3, -0.25) is 0 Å². The molecule has 0 bridgehead atoms. The van der Waals surface area contributed by atoms with Crippen LogP contribution in [0.3, 0.4) is 0 Å². The normalized spacial score (nSPS) is 20.2. The molecule has 0 radical (unpaired) electrons. The molecule has 0 aromatic heterocycles. The van der Waals surface area contributed by atoms with E-state index in [1.165, 1.54) is 4.31 Å². The average Bonchev–Trinajstić information content (AvgIpc) is 3.09. The Hall–Kier alpha value is -3.03. The summed E-state index contributed by atoms with van der Waals surface area (Å²) in [6.45, 7) is 6.32. The molecule has 2 heterocycles. The molecule has 2 aliphatic heterocycles. The summed E-state index contributed by atoms with van der Waals surface area (Å²) in [6, 6.07) is 20.4. The second-order valence-corrected chi connectivity index (χ2v) is 14.0. The molecule has 5 rings (SSSR count). The van der Waals surface area contributed by atoms with Crippen molar-refractivity contribution in [2.24, 2.45) is 0 Å². The smallest absolute Gasteiger partial charge is 0.243 e. The van der Waals surface area contributed by atoms with Gasteiger partial charge in [0.15, 0.2) is 0 Å². The van der Waals surface area contributed by atoms with Crippen molar-refractivity contribution in [3.63, 3.8) is 0 Å². The summed E-state index contributed by atoms with van der Waals surface area (Å²) in [7, 11) is -0.549. The largest absolute Gasteiger partial charge is 0.490 e. The molecule has 10 nitrogen and oxygen atoms in total. The maximum Gasteiger partial charge on any atom is 0.243 e. The summed E-state index contributed by atoms with van der Waals surface area (Å²) in [5.41, 5.74) is 5.00. The molecule has 0 saturated carbocycles. The van der Waals surface area contributed by atoms with Gasteiger partial charge in [0, 0.05) is 45.9 Å². The first-order valence-corrected chi connectivity index (χ1v) is 17.7. The Morgan fingerprint density at radius 1 is 0.957 bits per heavy atom. The van der Waals surface area contributed by atoms with Gasteiger partial charge in [-0.15, -0.1) is 0 Å². The predicted octanol–water partition coefficient (Wildman–Crippen LogP) is 4.52. The minimum Gasteiger partial charge on any atom is -0.490 e. The number of piperidine rings is 1. The van der Waals surface area contributed by atoms with Crippen LogP contribution in [0.2, 0.25) is 0 Å². The molecule has 0 aliphatic carbocycles. The lowest BCUT2D eigenvalue weighted by atomic mass is 9.82. The Labute approximate surface area is 279 Å². The van der Waals surface area contributed by atoms with Gasteiger partial charge >= 0.3 is 0 Å². The van der Waals surface area contributed by atoms with Crippen LogP contribution in [0.15, 0.2) is 71.6 Å². The van der Waals surface area contributed by atoms with Crippen molar-refractivity contribution in [2.75, 3.05) is 71.8 Å². The van der Waals surface area contributed by atoms with E-state index in [0.717, 1.165) is 53.2 Å². The fourth-order valence-electron chi connectivity index (χ4n) is 6.41. The monoisotopic (exact) mass is 668 g/mol. The third-order valence-corrected chi connectivity index (χ3v) is 10.9. The highest BCUT2D eigenvalue weighted by molar-refractivity contribution is 7.89. The fourth-order valence-corrected chi connectivity index (χ4v) is 8.05. The Morgan fingerprint density at radius 3 is 2.51 bits per heavy atom. The van der Waals surface area contributed by atoms with Crippen LogP contribution in [0.1, 0.15) is 41.0 Å². The number of hydrogen-bond donors (Lipinski definition) is 1. The SMILES string of the molecule is COCCCN1CCOc2ccc(CO[C@H]3CN(S(=O)(=O)c4ccc(C)cc4)[C@H](CO)C[C@@H]3c3ccccc3COCCOC)cc21. The van der Waals surface area contributed by atoms with Crippen molar-refractivity contribution in [2.45, 2.75) is 55.9 Å². The van der Waals surface area contributed by atoms with E-state index in [4.69, 9.17) is 23.7 Å². The van der Waals surface area contributed by atoms with Crippen molar-refractivity contribution in [1.29, 1.82) is 0 Å². The number of methoxy groups -OCH3 is 2. The molecular formula is C36H48N2O8S. The maximum atomic E-state index is 14.0. The van der Waals surface area contributed by atoms with Gasteiger partial charge in [-0.05, 0) is 60.7 Å². The zero-order valence-corrected chi connectivity index (χ0v) is 28.5. The van der Waals surface area contributed by atoms with Gasteiger partial charge in [-0.25, -0.2) is 8.42 Å². The van der Waals surface area contributed by atoms with E-state index in [2.05, 4.69) is 17.0 Å².